The highest BCUT2D eigenvalue weighted by Crippen LogP contribution is 2.18. The summed E-state index contributed by atoms with van der Waals surface area (Å²) in [6, 6.07) is 4.70. The summed E-state index contributed by atoms with van der Waals surface area (Å²) in [7, 11) is 3.31. The summed E-state index contributed by atoms with van der Waals surface area (Å²) in [5.41, 5.74) is 0.0970. The molecule has 0 aromatic heterocycles. The van der Waals surface area contributed by atoms with E-state index in [1.54, 1.807) is 12.1 Å². The number of nitrogens with one attached hydrogen (secondary N) is 1. The molecule has 2 atom stereocenters. The Kier molecular flexibility index (Phi) is 7.87. The van der Waals surface area contributed by atoms with Crippen molar-refractivity contribution >= 4 is 35.4 Å². The topological polar surface area (TPSA) is 108 Å². The molecule has 8 nitrogen and oxygen atoms in total. The van der Waals surface area contributed by atoms with E-state index in [1.165, 1.54) is 12.1 Å². The van der Waals surface area contributed by atoms with Crippen molar-refractivity contribution in [3.05, 3.63) is 34.9 Å². The molecule has 136 valence electrons. The first-order chi connectivity index (χ1) is 11.8. The lowest BCUT2D eigenvalue weighted by Crippen LogP contribution is -2.50. The molecule has 1 aromatic rings. The van der Waals surface area contributed by atoms with Gasteiger partial charge >= 0.3 is 17.9 Å². The van der Waals surface area contributed by atoms with Gasteiger partial charge < -0.3 is 19.5 Å². The number of amides is 1. The van der Waals surface area contributed by atoms with Crippen LogP contribution in [0.2, 0.25) is 5.02 Å². The molecule has 0 saturated carbocycles. The highest BCUT2D eigenvalue weighted by atomic mass is 35.5. The van der Waals surface area contributed by atoms with Crippen LogP contribution in [-0.4, -0.2) is 51.2 Å². The van der Waals surface area contributed by atoms with E-state index < -0.39 is 42.2 Å². The van der Waals surface area contributed by atoms with Crippen molar-refractivity contribution in [2.45, 2.75) is 12.5 Å². The van der Waals surface area contributed by atoms with Crippen LogP contribution in [0, 0.1) is 5.92 Å². The van der Waals surface area contributed by atoms with Crippen LogP contribution in [0.1, 0.15) is 16.8 Å². The number of methoxy groups -OCH3 is 3. The predicted molar refractivity (Wildman–Crippen MR) is 86.9 cm³/mol. The van der Waals surface area contributed by atoms with Crippen molar-refractivity contribution in [2.75, 3.05) is 21.3 Å². The Hall–Kier alpha value is -2.61. The zero-order valence-corrected chi connectivity index (χ0v) is 14.7. The number of hydrogen-bond donors (Lipinski definition) is 1. The molecule has 1 aromatic carbocycles. The third-order valence-corrected chi connectivity index (χ3v) is 3.71. The predicted octanol–water partition coefficient (Wildman–Crippen LogP) is 0.964. The number of benzene rings is 1. The van der Waals surface area contributed by atoms with Crippen LogP contribution < -0.4 is 5.32 Å². The normalized spacial score (nSPS) is 12.5. The molecule has 0 saturated heterocycles. The minimum atomic E-state index is -1.46. The van der Waals surface area contributed by atoms with Crippen LogP contribution in [0.15, 0.2) is 24.3 Å². The number of carbonyl (C=O) groups is 4. The van der Waals surface area contributed by atoms with Crippen LogP contribution in [0.5, 0.6) is 0 Å². The third kappa shape index (κ3) is 5.46. The van der Waals surface area contributed by atoms with Gasteiger partial charge in [-0.3, -0.25) is 14.4 Å². The largest absolute Gasteiger partial charge is 0.469 e. The van der Waals surface area contributed by atoms with E-state index in [1.807, 2.05) is 0 Å². The second-order valence-electron chi connectivity index (χ2n) is 4.86. The van der Waals surface area contributed by atoms with E-state index in [9.17, 15) is 19.2 Å². The van der Waals surface area contributed by atoms with Crippen LogP contribution in [0.3, 0.4) is 0 Å². The first-order valence-electron chi connectivity index (χ1n) is 7.13. The molecular weight excluding hydrogens is 354 g/mol. The van der Waals surface area contributed by atoms with Crippen LogP contribution in [0.25, 0.3) is 0 Å². The van der Waals surface area contributed by atoms with Gasteiger partial charge in [0.2, 0.25) is 0 Å². The van der Waals surface area contributed by atoms with Crippen LogP contribution in [0.4, 0.5) is 0 Å². The smallest absolute Gasteiger partial charge is 0.329 e. The molecule has 1 amide bonds. The number of halogens is 1. The van der Waals surface area contributed by atoms with E-state index in [0.29, 0.717) is 0 Å². The highest BCUT2D eigenvalue weighted by Gasteiger charge is 2.39. The minimum absolute atomic E-state index is 0.0970. The van der Waals surface area contributed by atoms with E-state index in [-0.39, 0.29) is 10.6 Å². The average Bonchev–Trinajstić information content (AvgIpc) is 2.63. The summed E-state index contributed by atoms with van der Waals surface area (Å²) in [6.45, 7) is 0. The van der Waals surface area contributed by atoms with Crippen molar-refractivity contribution in [3.63, 3.8) is 0 Å². The maximum Gasteiger partial charge on any atom is 0.329 e. The summed E-state index contributed by atoms with van der Waals surface area (Å²) in [6.07, 6.45) is -0.480. The van der Waals surface area contributed by atoms with E-state index in [2.05, 4.69) is 19.5 Å². The maximum atomic E-state index is 12.4. The molecule has 0 aliphatic rings. The Morgan fingerprint density at radius 2 is 1.60 bits per heavy atom. The highest BCUT2D eigenvalue weighted by molar-refractivity contribution is 6.33. The Morgan fingerprint density at radius 1 is 1.00 bits per heavy atom. The molecule has 0 spiro atoms. The number of carbonyl (C=O) groups excluding carboxylic acids is 4. The van der Waals surface area contributed by atoms with Crippen molar-refractivity contribution in [1.82, 2.24) is 5.32 Å². The SMILES string of the molecule is COC(=O)C[C@@H](C(=O)OC)[C@@H](NC(=O)c1ccccc1Cl)C(=O)OC. The van der Waals surface area contributed by atoms with Crippen molar-refractivity contribution in [2.24, 2.45) is 5.92 Å². The molecule has 0 aliphatic heterocycles. The fraction of sp³-hybridized carbons (Fsp3) is 0.375. The van der Waals surface area contributed by atoms with Gasteiger partial charge in [-0.1, -0.05) is 23.7 Å². The Labute approximate surface area is 149 Å². The Balaban J connectivity index is 3.14. The molecular formula is C16H18ClNO7. The van der Waals surface area contributed by atoms with E-state index in [4.69, 9.17) is 11.6 Å². The molecule has 0 heterocycles. The standard InChI is InChI=1S/C16H18ClNO7/c1-23-12(19)8-10(15(21)24-2)13(16(22)25-3)18-14(20)9-6-4-5-7-11(9)17/h4-7,10,13H,8H2,1-3H3,(H,18,20)/t10-,13-/m1/s1. The maximum absolute atomic E-state index is 12.4. The third-order valence-electron chi connectivity index (χ3n) is 3.38. The number of hydrogen-bond acceptors (Lipinski definition) is 7. The van der Waals surface area contributed by atoms with Gasteiger partial charge in [0.05, 0.1) is 44.3 Å². The Bertz CT molecular complexity index is 662. The summed E-state index contributed by atoms with van der Waals surface area (Å²) < 4.78 is 13.8. The van der Waals surface area contributed by atoms with Crippen LogP contribution in [-0.2, 0) is 28.6 Å². The van der Waals surface area contributed by atoms with Gasteiger partial charge in [-0.05, 0) is 12.1 Å². The molecule has 1 rings (SSSR count). The van der Waals surface area contributed by atoms with Crippen LogP contribution >= 0.6 is 11.6 Å². The molecule has 9 heteroatoms. The quantitative estimate of drug-likeness (QED) is 0.561. The monoisotopic (exact) mass is 371 g/mol. The van der Waals surface area contributed by atoms with Gasteiger partial charge in [-0.15, -0.1) is 0 Å². The molecule has 1 N–H and O–H groups in total. The summed E-state index contributed by atoms with van der Waals surface area (Å²) in [4.78, 5) is 48.0. The van der Waals surface area contributed by atoms with Gasteiger partial charge in [0, 0.05) is 0 Å². The lowest BCUT2D eigenvalue weighted by atomic mass is 9.95. The van der Waals surface area contributed by atoms with Gasteiger partial charge in [0.25, 0.3) is 5.91 Å². The van der Waals surface area contributed by atoms with Gasteiger partial charge in [-0.25, -0.2) is 4.79 Å². The van der Waals surface area contributed by atoms with Gasteiger partial charge in [0.1, 0.15) is 6.04 Å². The zero-order valence-electron chi connectivity index (χ0n) is 13.9. The number of ether oxygens (including phenoxy) is 3. The molecule has 0 aliphatic carbocycles. The lowest BCUT2D eigenvalue weighted by molar-refractivity contribution is -0.158. The summed E-state index contributed by atoms with van der Waals surface area (Å²) in [5.74, 6) is -4.58. The lowest BCUT2D eigenvalue weighted by Gasteiger charge is -2.23. The number of esters is 3. The van der Waals surface area contributed by atoms with Gasteiger partial charge in [0.15, 0.2) is 0 Å². The second kappa shape index (κ2) is 9.63. The van der Waals surface area contributed by atoms with Gasteiger partial charge in [-0.2, -0.15) is 0 Å². The first kappa shape index (κ1) is 20.4. The summed E-state index contributed by atoms with van der Waals surface area (Å²) in [5, 5.41) is 2.52. The average molecular weight is 372 g/mol. The first-order valence-corrected chi connectivity index (χ1v) is 7.51. The second-order valence-corrected chi connectivity index (χ2v) is 5.27. The fourth-order valence-electron chi connectivity index (χ4n) is 2.07. The van der Waals surface area contributed by atoms with Crippen molar-refractivity contribution in [3.8, 4) is 0 Å². The summed E-state index contributed by atoms with van der Waals surface area (Å²) >= 11 is 5.95. The molecule has 0 fully saturated rings. The molecule has 25 heavy (non-hydrogen) atoms. The zero-order chi connectivity index (χ0) is 19.0. The van der Waals surface area contributed by atoms with E-state index >= 15 is 0 Å². The van der Waals surface area contributed by atoms with E-state index in [0.717, 1.165) is 21.3 Å². The Morgan fingerprint density at radius 3 is 2.12 bits per heavy atom. The molecule has 0 radical (unpaired) electrons. The fourth-order valence-corrected chi connectivity index (χ4v) is 2.29. The molecule has 0 bridgehead atoms. The van der Waals surface area contributed by atoms with Crippen molar-refractivity contribution in [1.29, 1.82) is 0 Å². The van der Waals surface area contributed by atoms with Crippen molar-refractivity contribution < 1.29 is 33.4 Å². The number of rotatable bonds is 7. The molecule has 0 unspecified atom stereocenters. The minimum Gasteiger partial charge on any atom is -0.469 e.